The van der Waals surface area contributed by atoms with Gasteiger partial charge in [-0.05, 0) is 11.1 Å². The Morgan fingerprint density at radius 1 is 1.55 bits per heavy atom. The number of nitrogens with zero attached hydrogens (tertiary/aromatic N) is 1. The summed E-state index contributed by atoms with van der Waals surface area (Å²) in [5.74, 6) is 0. The number of aliphatic hydroxyl groups excluding tert-OH is 2. The Kier molecular flexibility index (Phi) is 5.18. The van der Waals surface area contributed by atoms with Crippen LogP contribution < -0.4 is 11.2 Å². The van der Waals surface area contributed by atoms with Gasteiger partial charge >= 0.3 is 5.69 Å². The molecule has 0 amide bonds. The number of aromatic amines is 1. The molecular formula is C11H12BrIN2O5. The van der Waals surface area contributed by atoms with Gasteiger partial charge in [0.05, 0.1) is 22.2 Å². The molecule has 20 heavy (non-hydrogen) atoms. The van der Waals surface area contributed by atoms with Crippen LogP contribution in [0, 0.1) is 0 Å². The van der Waals surface area contributed by atoms with E-state index in [4.69, 9.17) is 9.84 Å². The van der Waals surface area contributed by atoms with E-state index in [2.05, 4.69) is 20.9 Å². The highest BCUT2D eigenvalue weighted by atomic mass is 127. The van der Waals surface area contributed by atoms with Crippen LogP contribution in [0.25, 0.3) is 6.08 Å². The maximum atomic E-state index is 11.9. The van der Waals surface area contributed by atoms with E-state index in [1.54, 1.807) is 0 Å². The lowest BCUT2D eigenvalue weighted by atomic mass is 10.2. The zero-order chi connectivity index (χ0) is 14.9. The van der Waals surface area contributed by atoms with E-state index in [0.717, 1.165) is 0 Å². The van der Waals surface area contributed by atoms with Gasteiger partial charge in [-0.3, -0.25) is 14.3 Å². The van der Waals surface area contributed by atoms with Gasteiger partial charge in [-0.15, -0.1) is 0 Å². The molecule has 0 spiro atoms. The van der Waals surface area contributed by atoms with Crippen molar-refractivity contribution in [2.75, 3.05) is 6.61 Å². The zero-order valence-electron chi connectivity index (χ0n) is 10.1. The van der Waals surface area contributed by atoms with Crippen LogP contribution in [0.3, 0.4) is 0 Å². The van der Waals surface area contributed by atoms with E-state index in [9.17, 15) is 14.7 Å². The zero-order valence-corrected chi connectivity index (χ0v) is 13.8. The number of aromatic nitrogens is 2. The third-order valence-electron chi connectivity index (χ3n) is 2.99. The minimum Gasteiger partial charge on any atom is -0.394 e. The standard InChI is InChI=1S/C11H12BrIN2O5/c12-2-1-5-3-15(11(19)14-9(5)18)10-7(13)8(17)6(4-16)20-10/h1-3,6-8,10,16-17H,4H2,(H,14,18,19)/t6-,7?,8?,10-/m0/s1. The summed E-state index contributed by atoms with van der Waals surface area (Å²) >= 11 is 5.02. The highest BCUT2D eigenvalue weighted by Crippen LogP contribution is 2.33. The maximum absolute atomic E-state index is 11.9. The summed E-state index contributed by atoms with van der Waals surface area (Å²) in [4.78, 5) is 27.1. The third-order valence-corrected chi connectivity index (χ3v) is 4.60. The SMILES string of the molecule is O=c1[nH]c(=O)n([C@H]2O[C@@H](CO)C(O)C2I)cc1C=CBr. The van der Waals surface area contributed by atoms with Crippen molar-refractivity contribution in [3.05, 3.63) is 37.6 Å². The molecule has 2 rings (SSSR count). The van der Waals surface area contributed by atoms with Gasteiger partial charge in [-0.1, -0.05) is 38.5 Å². The lowest BCUT2D eigenvalue weighted by molar-refractivity contribution is -0.0456. The molecule has 1 aliphatic heterocycles. The Bertz CT molecular complexity index is 628. The van der Waals surface area contributed by atoms with Crippen LogP contribution in [0.2, 0.25) is 0 Å². The molecule has 0 aliphatic carbocycles. The summed E-state index contributed by atoms with van der Waals surface area (Å²) in [5.41, 5.74) is -0.862. The predicted molar refractivity (Wildman–Crippen MR) is 84.1 cm³/mol. The van der Waals surface area contributed by atoms with Gasteiger partial charge in [-0.25, -0.2) is 4.79 Å². The van der Waals surface area contributed by atoms with Crippen LogP contribution in [0.15, 0.2) is 20.8 Å². The highest BCUT2D eigenvalue weighted by molar-refractivity contribution is 14.1. The molecule has 1 aliphatic rings. The number of rotatable bonds is 3. The molecule has 2 unspecified atom stereocenters. The summed E-state index contributed by atoms with van der Waals surface area (Å²) < 4.78 is 6.26. The van der Waals surface area contributed by atoms with Crippen LogP contribution in [-0.2, 0) is 4.74 Å². The van der Waals surface area contributed by atoms with Crippen LogP contribution in [0.5, 0.6) is 0 Å². The van der Waals surface area contributed by atoms with Crippen molar-refractivity contribution in [2.24, 2.45) is 0 Å². The van der Waals surface area contributed by atoms with E-state index in [0.29, 0.717) is 0 Å². The monoisotopic (exact) mass is 458 g/mol. The van der Waals surface area contributed by atoms with Crippen molar-refractivity contribution in [3.8, 4) is 0 Å². The van der Waals surface area contributed by atoms with E-state index < -0.39 is 33.6 Å². The lowest BCUT2D eigenvalue weighted by Gasteiger charge is -2.17. The maximum Gasteiger partial charge on any atom is 0.330 e. The van der Waals surface area contributed by atoms with Crippen molar-refractivity contribution in [2.45, 2.75) is 22.4 Å². The van der Waals surface area contributed by atoms with Crippen molar-refractivity contribution >= 4 is 44.6 Å². The van der Waals surface area contributed by atoms with Crippen LogP contribution >= 0.6 is 38.5 Å². The van der Waals surface area contributed by atoms with E-state index in [-0.39, 0.29) is 12.2 Å². The Balaban J connectivity index is 2.46. The van der Waals surface area contributed by atoms with E-state index >= 15 is 0 Å². The molecule has 110 valence electrons. The van der Waals surface area contributed by atoms with E-state index in [1.165, 1.54) is 21.8 Å². The lowest BCUT2D eigenvalue weighted by Crippen LogP contribution is -2.36. The molecule has 1 aromatic heterocycles. The molecule has 0 saturated carbocycles. The van der Waals surface area contributed by atoms with Crippen molar-refractivity contribution in [1.82, 2.24) is 9.55 Å². The first kappa shape index (κ1) is 15.9. The van der Waals surface area contributed by atoms with Gasteiger partial charge in [-0.2, -0.15) is 0 Å². The number of ether oxygens (including phenoxy) is 1. The summed E-state index contributed by atoms with van der Waals surface area (Å²) in [7, 11) is 0. The summed E-state index contributed by atoms with van der Waals surface area (Å²) in [6.07, 6.45) is 0.457. The Morgan fingerprint density at radius 2 is 2.25 bits per heavy atom. The topological polar surface area (TPSA) is 105 Å². The van der Waals surface area contributed by atoms with Crippen molar-refractivity contribution < 1.29 is 14.9 Å². The Labute approximate surface area is 135 Å². The molecule has 1 saturated heterocycles. The van der Waals surface area contributed by atoms with Gasteiger partial charge in [0.2, 0.25) is 0 Å². The van der Waals surface area contributed by atoms with Gasteiger partial charge < -0.3 is 14.9 Å². The summed E-state index contributed by atoms with van der Waals surface area (Å²) in [6, 6.07) is 0. The first-order valence-electron chi connectivity index (χ1n) is 5.70. The van der Waals surface area contributed by atoms with Crippen molar-refractivity contribution in [1.29, 1.82) is 0 Å². The smallest absolute Gasteiger partial charge is 0.330 e. The molecule has 2 heterocycles. The molecule has 3 N–H and O–H groups in total. The number of hydrogen-bond donors (Lipinski definition) is 3. The second-order valence-electron chi connectivity index (χ2n) is 4.23. The van der Waals surface area contributed by atoms with Crippen LogP contribution in [-0.4, -0.2) is 42.5 Å². The average Bonchev–Trinajstić information content (AvgIpc) is 2.70. The van der Waals surface area contributed by atoms with Gasteiger partial charge in [0.15, 0.2) is 6.23 Å². The average molecular weight is 459 g/mol. The predicted octanol–water partition coefficient (Wildman–Crippen LogP) is -0.0436. The fraction of sp³-hybridized carbons (Fsp3) is 0.455. The number of aliphatic hydroxyl groups is 2. The second-order valence-corrected chi connectivity index (χ2v) is 6.19. The molecule has 0 bridgehead atoms. The quantitative estimate of drug-likeness (QED) is 0.435. The first-order valence-corrected chi connectivity index (χ1v) is 7.86. The number of alkyl halides is 1. The second kappa shape index (κ2) is 6.52. The summed E-state index contributed by atoms with van der Waals surface area (Å²) in [5, 5.41) is 19.0. The minimum atomic E-state index is -0.889. The highest BCUT2D eigenvalue weighted by Gasteiger charge is 2.43. The minimum absolute atomic E-state index is 0.274. The fourth-order valence-corrected chi connectivity index (χ4v) is 3.22. The largest absolute Gasteiger partial charge is 0.394 e. The molecule has 1 fully saturated rings. The Hall–Kier alpha value is -0.490. The van der Waals surface area contributed by atoms with E-state index in [1.807, 2.05) is 22.6 Å². The van der Waals surface area contributed by atoms with Gasteiger partial charge in [0, 0.05) is 6.20 Å². The molecule has 7 nitrogen and oxygen atoms in total. The van der Waals surface area contributed by atoms with Crippen LogP contribution in [0.1, 0.15) is 11.8 Å². The molecule has 0 aromatic carbocycles. The first-order chi connectivity index (χ1) is 9.49. The number of nitrogens with one attached hydrogen (secondary N) is 1. The fourth-order valence-electron chi connectivity index (χ4n) is 1.95. The molecule has 0 radical (unpaired) electrons. The van der Waals surface area contributed by atoms with Gasteiger partial charge in [0.1, 0.15) is 6.10 Å². The number of H-pyrrole nitrogens is 1. The Morgan fingerprint density at radius 3 is 2.80 bits per heavy atom. The van der Waals surface area contributed by atoms with Gasteiger partial charge in [0.25, 0.3) is 5.56 Å². The third kappa shape index (κ3) is 2.91. The molecule has 1 aromatic rings. The molecular weight excluding hydrogens is 447 g/mol. The number of halogens is 2. The summed E-state index contributed by atoms with van der Waals surface area (Å²) in [6.45, 7) is -0.344. The van der Waals surface area contributed by atoms with Crippen LogP contribution in [0.4, 0.5) is 0 Å². The molecule has 9 heteroatoms. The normalized spacial score (nSPS) is 30.2. The number of hydrogen-bond acceptors (Lipinski definition) is 5. The molecule has 4 atom stereocenters. The van der Waals surface area contributed by atoms with Crippen molar-refractivity contribution in [3.63, 3.8) is 0 Å².